The smallest absolute Gasteiger partial charge is 0.223 e. The highest BCUT2D eigenvalue weighted by Crippen LogP contribution is 2.23. The lowest BCUT2D eigenvalue weighted by atomic mass is 10.0. The normalized spacial score (nSPS) is 17.0. The molecule has 1 aliphatic heterocycles. The van der Waals surface area contributed by atoms with Gasteiger partial charge in [0.15, 0.2) is 5.65 Å². The van der Waals surface area contributed by atoms with E-state index in [-0.39, 0.29) is 11.5 Å². The molecule has 0 spiro atoms. The third-order valence-corrected chi connectivity index (χ3v) is 5.39. The van der Waals surface area contributed by atoms with Crippen LogP contribution in [0, 0.1) is 13.8 Å². The number of fused-ring (bicyclic) bond motifs is 3. The first-order chi connectivity index (χ1) is 12.9. The third-order valence-electron chi connectivity index (χ3n) is 5.39. The quantitative estimate of drug-likeness (QED) is 0.715. The number of morpholine rings is 1. The summed E-state index contributed by atoms with van der Waals surface area (Å²) >= 11 is 0. The van der Waals surface area contributed by atoms with Crippen LogP contribution in [-0.4, -0.2) is 50.7 Å². The number of nitrogens with zero attached hydrogens (tertiary/aromatic N) is 4. The van der Waals surface area contributed by atoms with Crippen molar-refractivity contribution in [3.8, 4) is 0 Å². The van der Waals surface area contributed by atoms with E-state index in [0.29, 0.717) is 32.5 Å². The summed E-state index contributed by atoms with van der Waals surface area (Å²) in [5, 5.41) is 5.75. The van der Waals surface area contributed by atoms with Gasteiger partial charge in [-0.1, -0.05) is 12.1 Å². The van der Waals surface area contributed by atoms with Crippen molar-refractivity contribution in [2.75, 3.05) is 19.7 Å². The molecule has 0 atom stereocenters. The van der Waals surface area contributed by atoms with Crippen molar-refractivity contribution in [1.29, 1.82) is 0 Å². The zero-order chi connectivity index (χ0) is 19.2. The van der Waals surface area contributed by atoms with Crippen molar-refractivity contribution in [2.45, 2.75) is 46.1 Å². The average Bonchev–Trinajstić information content (AvgIpc) is 2.99. The lowest BCUT2D eigenvalue weighted by molar-refractivity contribution is -0.145. The van der Waals surface area contributed by atoms with E-state index in [1.165, 1.54) is 0 Å². The third kappa shape index (κ3) is 3.30. The Bertz CT molecular complexity index is 1020. The number of carbonyl (C=O) groups excluding carboxylic acids is 1. The molecule has 3 aromatic rings. The average molecular weight is 366 g/mol. The SMILES string of the molecule is Cc1nc2c3ccccc3nn2c(C)c1CCC(=O)N1CCOC(C)(C)C1. The molecular formula is C21H26N4O2. The van der Waals surface area contributed by atoms with Gasteiger partial charge in [-0.2, -0.15) is 5.10 Å². The van der Waals surface area contributed by atoms with Gasteiger partial charge in [0.2, 0.25) is 5.91 Å². The molecule has 0 N–H and O–H groups in total. The maximum Gasteiger partial charge on any atom is 0.223 e. The van der Waals surface area contributed by atoms with Crippen molar-refractivity contribution in [3.63, 3.8) is 0 Å². The minimum absolute atomic E-state index is 0.177. The molecule has 1 amide bonds. The Balaban J connectivity index is 1.59. The molecule has 27 heavy (non-hydrogen) atoms. The molecule has 0 aliphatic carbocycles. The van der Waals surface area contributed by atoms with E-state index in [2.05, 4.69) is 6.92 Å². The van der Waals surface area contributed by atoms with Gasteiger partial charge in [-0.05, 0) is 51.8 Å². The first-order valence-corrected chi connectivity index (χ1v) is 9.51. The summed E-state index contributed by atoms with van der Waals surface area (Å²) in [5.74, 6) is 0.177. The molecule has 1 saturated heterocycles. The van der Waals surface area contributed by atoms with Crippen LogP contribution in [-0.2, 0) is 16.0 Å². The topological polar surface area (TPSA) is 59.7 Å². The van der Waals surface area contributed by atoms with Crippen molar-refractivity contribution < 1.29 is 9.53 Å². The molecule has 0 radical (unpaired) electrons. The van der Waals surface area contributed by atoms with Crippen LogP contribution < -0.4 is 0 Å². The summed E-state index contributed by atoms with van der Waals surface area (Å²) in [6, 6.07) is 8.04. The number of aromatic nitrogens is 3. The molecule has 0 bridgehead atoms. The Kier molecular flexibility index (Phi) is 4.38. The standard InChI is InChI=1S/C21H26N4O2/c1-14-16(9-10-19(26)24-11-12-27-21(3,4)13-24)15(2)25-20(22-14)17-7-5-6-8-18(17)23-25/h5-8H,9-13H2,1-4H3. The van der Waals surface area contributed by atoms with Crippen LogP contribution in [0.1, 0.15) is 37.2 Å². The van der Waals surface area contributed by atoms with Gasteiger partial charge in [0, 0.05) is 36.3 Å². The van der Waals surface area contributed by atoms with Crippen molar-refractivity contribution in [3.05, 3.63) is 41.2 Å². The Morgan fingerprint density at radius 2 is 2.04 bits per heavy atom. The minimum Gasteiger partial charge on any atom is -0.372 e. The Labute approximate surface area is 159 Å². The Morgan fingerprint density at radius 1 is 1.26 bits per heavy atom. The van der Waals surface area contributed by atoms with Gasteiger partial charge in [0.1, 0.15) is 0 Å². The zero-order valence-corrected chi connectivity index (χ0v) is 16.5. The molecular weight excluding hydrogens is 340 g/mol. The number of carbonyl (C=O) groups is 1. The lowest BCUT2D eigenvalue weighted by Gasteiger charge is -2.38. The van der Waals surface area contributed by atoms with Gasteiger partial charge in [-0.25, -0.2) is 9.50 Å². The number of rotatable bonds is 3. The van der Waals surface area contributed by atoms with E-state index < -0.39 is 0 Å². The van der Waals surface area contributed by atoms with Crippen LogP contribution in [0.25, 0.3) is 16.6 Å². The molecule has 6 nitrogen and oxygen atoms in total. The summed E-state index contributed by atoms with van der Waals surface area (Å²) in [7, 11) is 0. The molecule has 2 aromatic heterocycles. The maximum absolute atomic E-state index is 12.7. The second kappa shape index (κ2) is 6.60. The van der Waals surface area contributed by atoms with Crippen LogP contribution >= 0.6 is 0 Å². The molecule has 3 heterocycles. The second-order valence-corrected chi connectivity index (χ2v) is 7.94. The van der Waals surface area contributed by atoms with Crippen LogP contribution in [0.15, 0.2) is 24.3 Å². The van der Waals surface area contributed by atoms with Gasteiger partial charge in [-0.3, -0.25) is 4.79 Å². The largest absolute Gasteiger partial charge is 0.372 e. The van der Waals surface area contributed by atoms with Gasteiger partial charge >= 0.3 is 0 Å². The molecule has 0 unspecified atom stereocenters. The van der Waals surface area contributed by atoms with E-state index in [1.807, 2.05) is 54.5 Å². The highest BCUT2D eigenvalue weighted by molar-refractivity contribution is 5.92. The van der Waals surface area contributed by atoms with Gasteiger partial charge in [0.25, 0.3) is 0 Å². The predicted molar refractivity (Wildman–Crippen MR) is 105 cm³/mol. The van der Waals surface area contributed by atoms with Crippen LogP contribution in [0.5, 0.6) is 0 Å². The number of hydrogen-bond donors (Lipinski definition) is 0. The maximum atomic E-state index is 12.7. The summed E-state index contributed by atoms with van der Waals surface area (Å²) < 4.78 is 7.62. The van der Waals surface area contributed by atoms with Crippen LogP contribution in [0.3, 0.4) is 0 Å². The fourth-order valence-corrected chi connectivity index (χ4v) is 3.96. The van der Waals surface area contributed by atoms with Crippen molar-refractivity contribution in [1.82, 2.24) is 19.5 Å². The minimum atomic E-state index is -0.268. The highest BCUT2D eigenvalue weighted by atomic mass is 16.5. The lowest BCUT2D eigenvalue weighted by Crippen LogP contribution is -2.50. The van der Waals surface area contributed by atoms with Crippen LogP contribution in [0.2, 0.25) is 0 Å². The molecule has 0 saturated carbocycles. The number of aryl methyl sites for hydroxylation is 2. The first-order valence-electron chi connectivity index (χ1n) is 9.51. The zero-order valence-electron chi connectivity index (χ0n) is 16.5. The van der Waals surface area contributed by atoms with Gasteiger partial charge < -0.3 is 9.64 Å². The monoisotopic (exact) mass is 366 g/mol. The fourth-order valence-electron chi connectivity index (χ4n) is 3.96. The van der Waals surface area contributed by atoms with E-state index >= 15 is 0 Å². The molecule has 4 rings (SSSR count). The Morgan fingerprint density at radius 3 is 2.81 bits per heavy atom. The molecule has 1 aliphatic rings. The molecule has 1 fully saturated rings. The summed E-state index contributed by atoms with van der Waals surface area (Å²) in [4.78, 5) is 19.4. The van der Waals surface area contributed by atoms with Gasteiger partial charge in [-0.15, -0.1) is 0 Å². The number of hydrogen-bond acceptors (Lipinski definition) is 4. The van der Waals surface area contributed by atoms with E-state index in [4.69, 9.17) is 14.8 Å². The highest BCUT2D eigenvalue weighted by Gasteiger charge is 2.29. The molecule has 6 heteroatoms. The molecule has 142 valence electrons. The van der Waals surface area contributed by atoms with E-state index in [1.54, 1.807) is 0 Å². The number of amides is 1. The van der Waals surface area contributed by atoms with E-state index in [0.717, 1.165) is 33.5 Å². The number of benzene rings is 1. The van der Waals surface area contributed by atoms with Gasteiger partial charge in [0.05, 0.1) is 17.7 Å². The first kappa shape index (κ1) is 17.9. The number of ether oxygens (including phenoxy) is 1. The van der Waals surface area contributed by atoms with E-state index in [9.17, 15) is 4.79 Å². The predicted octanol–water partition coefficient (Wildman–Crippen LogP) is 3.07. The Hall–Kier alpha value is -2.47. The summed E-state index contributed by atoms with van der Waals surface area (Å²) in [5.41, 5.74) is 4.69. The summed E-state index contributed by atoms with van der Waals surface area (Å²) in [6.45, 7) is 10.1. The van der Waals surface area contributed by atoms with Crippen LogP contribution in [0.4, 0.5) is 0 Å². The second-order valence-electron chi connectivity index (χ2n) is 7.94. The summed E-state index contributed by atoms with van der Waals surface area (Å²) in [6.07, 6.45) is 1.15. The van der Waals surface area contributed by atoms with Crippen molar-refractivity contribution in [2.24, 2.45) is 0 Å². The fraction of sp³-hybridized carbons (Fsp3) is 0.476. The van der Waals surface area contributed by atoms with Crippen molar-refractivity contribution >= 4 is 22.5 Å². The molecule has 1 aromatic carbocycles.